The molecule has 0 bridgehead atoms. The number of rotatable bonds is 4. The van der Waals surface area contributed by atoms with Crippen LogP contribution in [0, 0.1) is 5.92 Å². The zero-order valence-corrected chi connectivity index (χ0v) is 10.4. The van der Waals surface area contributed by atoms with E-state index in [-0.39, 0.29) is 0 Å². The molecule has 0 spiro atoms. The zero-order chi connectivity index (χ0) is 11.5. The highest BCUT2D eigenvalue weighted by molar-refractivity contribution is 5.17. The minimum atomic E-state index is 0.402. The Morgan fingerprint density at radius 1 is 1.56 bits per heavy atom. The number of hydrogen-bond acceptors (Lipinski definition) is 3. The van der Waals surface area contributed by atoms with Crippen LogP contribution in [0.25, 0.3) is 0 Å². The van der Waals surface area contributed by atoms with Crippen molar-refractivity contribution in [3.05, 3.63) is 17.7 Å². The molecule has 1 atom stereocenters. The third-order valence-corrected chi connectivity index (χ3v) is 3.28. The first kappa shape index (κ1) is 11.6. The molecular formula is C12H21N3O. The van der Waals surface area contributed by atoms with E-state index in [1.165, 1.54) is 11.4 Å². The summed E-state index contributed by atoms with van der Waals surface area (Å²) < 4.78 is 7.63. The molecule has 2 rings (SSSR count). The summed E-state index contributed by atoms with van der Waals surface area (Å²) in [5.41, 5.74) is 2.59. The number of imidazole rings is 1. The van der Waals surface area contributed by atoms with Crippen LogP contribution >= 0.6 is 0 Å². The lowest BCUT2D eigenvalue weighted by Crippen LogP contribution is -2.28. The van der Waals surface area contributed by atoms with Gasteiger partial charge >= 0.3 is 0 Å². The molecule has 2 heterocycles. The molecule has 1 aliphatic rings. The third-order valence-electron chi connectivity index (χ3n) is 3.28. The molecule has 0 amide bonds. The lowest BCUT2D eigenvalue weighted by Gasteiger charge is -2.25. The minimum absolute atomic E-state index is 0.402. The molecule has 0 saturated heterocycles. The monoisotopic (exact) mass is 223 g/mol. The molecule has 1 N–H and O–H groups in total. The normalized spacial score (nSPS) is 17.5. The highest BCUT2D eigenvalue weighted by atomic mass is 16.5. The van der Waals surface area contributed by atoms with Crippen molar-refractivity contribution in [1.29, 1.82) is 0 Å². The van der Waals surface area contributed by atoms with Gasteiger partial charge in [-0.2, -0.15) is 0 Å². The van der Waals surface area contributed by atoms with Crippen molar-refractivity contribution in [2.75, 3.05) is 20.3 Å². The molecule has 90 valence electrons. The molecule has 4 heteroatoms. The Balaban J connectivity index is 2.26. The highest BCUT2D eigenvalue weighted by Crippen LogP contribution is 2.23. The van der Waals surface area contributed by atoms with Gasteiger partial charge in [-0.1, -0.05) is 13.8 Å². The van der Waals surface area contributed by atoms with E-state index in [4.69, 9.17) is 4.74 Å². The first-order valence-corrected chi connectivity index (χ1v) is 5.98. The molecule has 1 unspecified atom stereocenters. The van der Waals surface area contributed by atoms with Crippen LogP contribution in [0.15, 0.2) is 6.33 Å². The molecule has 1 aromatic heterocycles. The molecule has 0 fully saturated rings. The SMILES string of the molecule is COCC(C(C)C)n1cnc2c1CCNC2. The van der Waals surface area contributed by atoms with Crippen molar-refractivity contribution in [3.8, 4) is 0 Å². The molecule has 0 saturated carbocycles. The number of aromatic nitrogens is 2. The second-order valence-electron chi connectivity index (χ2n) is 4.74. The number of nitrogens with zero attached hydrogens (tertiary/aromatic N) is 2. The second-order valence-corrected chi connectivity index (χ2v) is 4.74. The quantitative estimate of drug-likeness (QED) is 0.838. The van der Waals surface area contributed by atoms with E-state index in [0.29, 0.717) is 12.0 Å². The van der Waals surface area contributed by atoms with E-state index in [9.17, 15) is 0 Å². The van der Waals surface area contributed by atoms with Crippen molar-refractivity contribution in [2.45, 2.75) is 32.9 Å². The number of hydrogen-bond donors (Lipinski definition) is 1. The Morgan fingerprint density at radius 3 is 3.06 bits per heavy atom. The Bertz CT molecular complexity index is 346. The van der Waals surface area contributed by atoms with Gasteiger partial charge in [0.2, 0.25) is 0 Å². The van der Waals surface area contributed by atoms with E-state index < -0.39 is 0 Å². The summed E-state index contributed by atoms with van der Waals surface area (Å²) in [7, 11) is 1.76. The molecule has 1 aliphatic heterocycles. The van der Waals surface area contributed by atoms with Gasteiger partial charge in [-0.25, -0.2) is 4.98 Å². The van der Waals surface area contributed by atoms with Gasteiger partial charge in [-0.15, -0.1) is 0 Å². The maximum Gasteiger partial charge on any atom is 0.0955 e. The van der Waals surface area contributed by atoms with Gasteiger partial charge in [0.25, 0.3) is 0 Å². The van der Waals surface area contributed by atoms with Crippen LogP contribution in [-0.2, 0) is 17.7 Å². The standard InChI is InChI=1S/C12H21N3O/c1-9(2)12(7-16-3)15-8-14-10-6-13-5-4-11(10)15/h8-9,12-13H,4-7H2,1-3H3. The smallest absolute Gasteiger partial charge is 0.0955 e. The summed E-state index contributed by atoms with van der Waals surface area (Å²) >= 11 is 0. The number of methoxy groups -OCH3 is 1. The molecule has 16 heavy (non-hydrogen) atoms. The van der Waals surface area contributed by atoms with Crippen LogP contribution < -0.4 is 5.32 Å². The summed E-state index contributed by atoms with van der Waals surface area (Å²) in [4.78, 5) is 4.49. The Labute approximate surface area is 97.0 Å². The van der Waals surface area contributed by atoms with Crippen molar-refractivity contribution < 1.29 is 4.74 Å². The van der Waals surface area contributed by atoms with Crippen LogP contribution in [0.5, 0.6) is 0 Å². The average Bonchev–Trinajstić information content (AvgIpc) is 2.69. The number of nitrogens with one attached hydrogen (secondary N) is 1. The van der Waals surface area contributed by atoms with E-state index >= 15 is 0 Å². The first-order chi connectivity index (χ1) is 7.74. The van der Waals surface area contributed by atoms with Crippen molar-refractivity contribution >= 4 is 0 Å². The maximum absolute atomic E-state index is 5.32. The fraction of sp³-hybridized carbons (Fsp3) is 0.750. The van der Waals surface area contributed by atoms with Crippen LogP contribution in [0.2, 0.25) is 0 Å². The largest absolute Gasteiger partial charge is 0.383 e. The molecule has 1 aromatic rings. The summed E-state index contributed by atoms with van der Waals surface area (Å²) in [6.45, 7) is 7.18. The summed E-state index contributed by atoms with van der Waals surface area (Å²) in [6, 6.07) is 0.402. The predicted octanol–water partition coefficient (Wildman–Crippen LogP) is 1.37. The number of fused-ring (bicyclic) bond motifs is 1. The van der Waals surface area contributed by atoms with Gasteiger partial charge in [0, 0.05) is 32.3 Å². The van der Waals surface area contributed by atoms with Crippen molar-refractivity contribution in [1.82, 2.24) is 14.9 Å². The van der Waals surface area contributed by atoms with Gasteiger partial charge < -0.3 is 14.6 Å². The zero-order valence-electron chi connectivity index (χ0n) is 10.4. The molecule has 0 aliphatic carbocycles. The van der Waals surface area contributed by atoms with Gasteiger partial charge in [-0.05, 0) is 5.92 Å². The Hall–Kier alpha value is -0.870. The fourth-order valence-electron chi connectivity index (χ4n) is 2.31. The minimum Gasteiger partial charge on any atom is -0.383 e. The lowest BCUT2D eigenvalue weighted by molar-refractivity contribution is 0.131. The highest BCUT2D eigenvalue weighted by Gasteiger charge is 2.22. The predicted molar refractivity (Wildman–Crippen MR) is 63.4 cm³/mol. The molecule has 0 aromatic carbocycles. The Morgan fingerprint density at radius 2 is 2.38 bits per heavy atom. The summed E-state index contributed by atoms with van der Waals surface area (Å²) in [5, 5.41) is 3.35. The van der Waals surface area contributed by atoms with Crippen molar-refractivity contribution in [2.24, 2.45) is 5.92 Å². The van der Waals surface area contributed by atoms with Gasteiger partial charge in [0.15, 0.2) is 0 Å². The van der Waals surface area contributed by atoms with E-state index in [1.54, 1.807) is 7.11 Å². The van der Waals surface area contributed by atoms with Gasteiger partial charge in [0.05, 0.1) is 24.7 Å². The van der Waals surface area contributed by atoms with Crippen LogP contribution in [0.3, 0.4) is 0 Å². The maximum atomic E-state index is 5.32. The van der Waals surface area contributed by atoms with Crippen molar-refractivity contribution in [3.63, 3.8) is 0 Å². The number of ether oxygens (including phenoxy) is 1. The first-order valence-electron chi connectivity index (χ1n) is 5.98. The van der Waals surface area contributed by atoms with Gasteiger partial charge in [0.1, 0.15) is 0 Å². The van der Waals surface area contributed by atoms with E-state index in [1.807, 2.05) is 6.33 Å². The third kappa shape index (κ3) is 2.13. The topological polar surface area (TPSA) is 39.1 Å². The summed E-state index contributed by atoms with van der Waals surface area (Å²) in [5.74, 6) is 0.563. The second kappa shape index (κ2) is 4.97. The van der Waals surface area contributed by atoms with E-state index in [2.05, 4.69) is 28.7 Å². The van der Waals surface area contributed by atoms with Crippen LogP contribution in [0.1, 0.15) is 31.3 Å². The summed E-state index contributed by atoms with van der Waals surface area (Å²) in [6.07, 6.45) is 3.05. The molecular weight excluding hydrogens is 202 g/mol. The average molecular weight is 223 g/mol. The van der Waals surface area contributed by atoms with Gasteiger partial charge in [-0.3, -0.25) is 0 Å². The fourth-order valence-corrected chi connectivity index (χ4v) is 2.31. The molecule has 4 nitrogen and oxygen atoms in total. The van der Waals surface area contributed by atoms with Crippen LogP contribution in [0.4, 0.5) is 0 Å². The van der Waals surface area contributed by atoms with E-state index in [0.717, 1.165) is 26.1 Å². The lowest BCUT2D eigenvalue weighted by atomic mass is 10.0. The van der Waals surface area contributed by atoms with Crippen LogP contribution in [-0.4, -0.2) is 29.8 Å². The Kier molecular flexibility index (Phi) is 3.61. The molecule has 0 radical (unpaired) electrons.